The molecule has 0 spiro atoms. The maximum atomic E-state index is 11.0. The van der Waals surface area contributed by atoms with Crippen LogP contribution in [0.2, 0.25) is 0 Å². The van der Waals surface area contributed by atoms with Gasteiger partial charge in [-0.15, -0.1) is 11.3 Å². The summed E-state index contributed by atoms with van der Waals surface area (Å²) in [4.78, 5) is 22.2. The van der Waals surface area contributed by atoms with Crippen LogP contribution in [0.4, 0.5) is 5.69 Å². The molecule has 1 heterocycles. The highest BCUT2D eigenvalue weighted by molar-refractivity contribution is 9.10. The number of nitrogens with zero attached hydrogens (tertiary/aromatic N) is 1. The number of rotatable bonds is 6. The van der Waals surface area contributed by atoms with E-state index in [0.29, 0.717) is 6.29 Å². The number of thiophene rings is 1. The van der Waals surface area contributed by atoms with Crippen molar-refractivity contribution in [3.05, 3.63) is 48.6 Å². The molecule has 6 nitrogen and oxygen atoms in total. The van der Waals surface area contributed by atoms with Crippen molar-refractivity contribution in [2.75, 3.05) is 7.11 Å². The smallest absolute Gasteiger partial charge is 0.283 e. The first-order valence-corrected chi connectivity index (χ1v) is 7.40. The first kappa shape index (κ1) is 15.5. The molecule has 0 radical (unpaired) electrons. The second kappa shape index (κ2) is 6.68. The van der Waals surface area contributed by atoms with Crippen molar-refractivity contribution >= 4 is 39.2 Å². The fourth-order valence-corrected chi connectivity index (χ4v) is 3.04. The molecule has 21 heavy (non-hydrogen) atoms. The van der Waals surface area contributed by atoms with Crippen molar-refractivity contribution in [2.24, 2.45) is 0 Å². The number of methoxy groups -OCH3 is 1. The summed E-state index contributed by atoms with van der Waals surface area (Å²) in [5.74, 6) is 0.491. The zero-order valence-electron chi connectivity index (χ0n) is 10.9. The van der Waals surface area contributed by atoms with E-state index < -0.39 is 4.92 Å². The van der Waals surface area contributed by atoms with Crippen molar-refractivity contribution in [2.45, 2.75) is 6.61 Å². The maximum absolute atomic E-state index is 11.0. The molecule has 110 valence electrons. The van der Waals surface area contributed by atoms with E-state index in [4.69, 9.17) is 9.47 Å². The third kappa shape index (κ3) is 3.40. The SMILES string of the molecule is COc1cc(C=O)c([N+](=O)[O-])cc1OCc1sccc1Br. The van der Waals surface area contributed by atoms with Gasteiger partial charge in [0.25, 0.3) is 5.69 Å². The quantitative estimate of drug-likeness (QED) is 0.438. The van der Waals surface area contributed by atoms with Crippen molar-refractivity contribution in [3.63, 3.8) is 0 Å². The summed E-state index contributed by atoms with van der Waals surface area (Å²) < 4.78 is 11.6. The molecule has 8 heteroatoms. The Morgan fingerprint density at radius 1 is 1.43 bits per heavy atom. The first-order chi connectivity index (χ1) is 10.1. The van der Waals surface area contributed by atoms with Crippen molar-refractivity contribution in [3.8, 4) is 11.5 Å². The van der Waals surface area contributed by atoms with Crippen LogP contribution in [0.1, 0.15) is 15.2 Å². The highest BCUT2D eigenvalue weighted by Crippen LogP contribution is 2.35. The average molecular weight is 372 g/mol. The number of hydrogen-bond donors (Lipinski definition) is 0. The molecule has 0 N–H and O–H groups in total. The van der Waals surface area contributed by atoms with Crippen LogP contribution in [0.3, 0.4) is 0 Å². The minimum atomic E-state index is -0.628. The largest absolute Gasteiger partial charge is 0.493 e. The van der Waals surface area contributed by atoms with Gasteiger partial charge in [0, 0.05) is 10.5 Å². The average Bonchev–Trinajstić information content (AvgIpc) is 2.89. The van der Waals surface area contributed by atoms with Gasteiger partial charge in [-0.25, -0.2) is 0 Å². The molecular weight excluding hydrogens is 362 g/mol. The van der Waals surface area contributed by atoms with Gasteiger partial charge in [0.2, 0.25) is 0 Å². The van der Waals surface area contributed by atoms with E-state index in [-0.39, 0.29) is 29.4 Å². The van der Waals surface area contributed by atoms with Gasteiger partial charge in [0.1, 0.15) is 6.61 Å². The molecular formula is C13H10BrNO5S. The predicted molar refractivity (Wildman–Crippen MR) is 81.4 cm³/mol. The van der Waals surface area contributed by atoms with Crippen molar-refractivity contribution in [1.82, 2.24) is 0 Å². The van der Waals surface area contributed by atoms with Gasteiger partial charge in [0.05, 0.1) is 28.5 Å². The Morgan fingerprint density at radius 2 is 2.19 bits per heavy atom. The summed E-state index contributed by atoms with van der Waals surface area (Å²) in [6.07, 6.45) is 0.417. The standard InChI is InChI=1S/C13H10BrNO5S/c1-19-11-4-8(6-16)10(15(17)18)5-12(11)20-7-13-9(14)2-3-21-13/h2-6H,7H2,1H3. The highest BCUT2D eigenvalue weighted by Gasteiger charge is 2.19. The zero-order valence-corrected chi connectivity index (χ0v) is 13.3. The van der Waals surface area contributed by atoms with Crippen LogP contribution in [0, 0.1) is 10.1 Å². The fraction of sp³-hybridized carbons (Fsp3) is 0.154. The van der Waals surface area contributed by atoms with E-state index in [0.717, 1.165) is 9.35 Å². The van der Waals surface area contributed by atoms with Crippen LogP contribution in [-0.4, -0.2) is 18.3 Å². The lowest BCUT2D eigenvalue weighted by Crippen LogP contribution is -2.01. The number of halogens is 1. The molecule has 0 fully saturated rings. The van der Waals surface area contributed by atoms with Crippen molar-refractivity contribution < 1.29 is 19.2 Å². The van der Waals surface area contributed by atoms with E-state index in [2.05, 4.69) is 15.9 Å². The lowest BCUT2D eigenvalue weighted by Gasteiger charge is -2.11. The minimum absolute atomic E-state index is 0.0542. The van der Waals surface area contributed by atoms with E-state index in [9.17, 15) is 14.9 Å². The van der Waals surface area contributed by atoms with Gasteiger partial charge in [-0.1, -0.05) is 0 Å². The van der Waals surface area contributed by atoms with Gasteiger partial charge in [-0.3, -0.25) is 14.9 Å². The van der Waals surface area contributed by atoms with E-state index in [1.54, 1.807) is 0 Å². The van der Waals surface area contributed by atoms with Crippen LogP contribution in [0.25, 0.3) is 0 Å². The fourth-order valence-electron chi connectivity index (χ4n) is 1.66. The molecule has 0 atom stereocenters. The van der Waals surface area contributed by atoms with Gasteiger partial charge < -0.3 is 9.47 Å². The minimum Gasteiger partial charge on any atom is -0.493 e. The Kier molecular flexibility index (Phi) is 4.92. The Balaban J connectivity index is 2.33. The Bertz CT molecular complexity index is 685. The number of nitro benzene ring substituents is 1. The molecule has 1 aromatic carbocycles. The van der Waals surface area contributed by atoms with Crippen LogP contribution < -0.4 is 9.47 Å². The maximum Gasteiger partial charge on any atom is 0.283 e. The van der Waals surface area contributed by atoms with Crippen LogP contribution in [-0.2, 0) is 6.61 Å². The summed E-state index contributed by atoms with van der Waals surface area (Å²) in [6.45, 7) is 0.242. The number of hydrogen-bond acceptors (Lipinski definition) is 6. The Hall–Kier alpha value is -1.93. The highest BCUT2D eigenvalue weighted by atomic mass is 79.9. The van der Waals surface area contributed by atoms with Crippen LogP contribution in [0.15, 0.2) is 28.1 Å². The summed E-state index contributed by atoms with van der Waals surface area (Å²) in [7, 11) is 1.41. The summed E-state index contributed by atoms with van der Waals surface area (Å²) in [5, 5.41) is 12.9. The van der Waals surface area contributed by atoms with E-state index >= 15 is 0 Å². The predicted octanol–water partition coefficient (Wildman–Crippen LogP) is 3.82. The normalized spacial score (nSPS) is 10.2. The molecule has 2 rings (SSSR count). The monoisotopic (exact) mass is 371 g/mol. The molecule has 0 amide bonds. The third-order valence-corrected chi connectivity index (χ3v) is 4.59. The van der Waals surface area contributed by atoms with Gasteiger partial charge >= 0.3 is 0 Å². The van der Waals surface area contributed by atoms with Gasteiger partial charge in [-0.05, 0) is 27.4 Å². The molecule has 1 aromatic heterocycles. The summed E-state index contributed by atoms with van der Waals surface area (Å²) >= 11 is 4.88. The molecule has 0 aliphatic heterocycles. The Morgan fingerprint density at radius 3 is 2.71 bits per heavy atom. The molecule has 0 saturated carbocycles. The van der Waals surface area contributed by atoms with Crippen LogP contribution >= 0.6 is 27.3 Å². The number of benzene rings is 1. The molecule has 2 aromatic rings. The molecule has 0 saturated heterocycles. The number of ether oxygens (including phenoxy) is 2. The summed E-state index contributed by atoms with van der Waals surface area (Å²) in [5.41, 5.74) is -0.368. The number of carbonyl (C=O) groups excluding carboxylic acids is 1. The molecule has 0 bridgehead atoms. The molecule has 0 aliphatic rings. The molecule has 0 unspecified atom stereocenters. The van der Waals surface area contributed by atoms with Crippen LogP contribution in [0.5, 0.6) is 11.5 Å². The Labute approximate surface area is 132 Å². The zero-order chi connectivity index (χ0) is 15.4. The number of carbonyl (C=O) groups is 1. The van der Waals surface area contributed by atoms with Gasteiger partial charge in [-0.2, -0.15) is 0 Å². The lowest BCUT2D eigenvalue weighted by atomic mass is 10.1. The van der Waals surface area contributed by atoms with E-state index in [1.165, 1.54) is 30.6 Å². The first-order valence-electron chi connectivity index (χ1n) is 5.73. The number of aldehydes is 1. The summed E-state index contributed by atoms with van der Waals surface area (Å²) in [6, 6.07) is 4.38. The topological polar surface area (TPSA) is 78.7 Å². The molecule has 0 aliphatic carbocycles. The lowest BCUT2D eigenvalue weighted by molar-refractivity contribution is -0.385. The second-order valence-electron chi connectivity index (χ2n) is 3.92. The third-order valence-electron chi connectivity index (χ3n) is 2.69. The van der Waals surface area contributed by atoms with E-state index in [1.807, 2.05) is 11.4 Å². The number of nitro groups is 1. The second-order valence-corrected chi connectivity index (χ2v) is 5.77. The van der Waals surface area contributed by atoms with Crippen molar-refractivity contribution in [1.29, 1.82) is 0 Å². The van der Waals surface area contributed by atoms with Gasteiger partial charge in [0.15, 0.2) is 17.8 Å².